The van der Waals surface area contributed by atoms with Crippen LogP contribution < -0.4 is 10.2 Å². The summed E-state index contributed by atoms with van der Waals surface area (Å²) in [5, 5.41) is 13.4. The first kappa shape index (κ1) is 16.3. The Labute approximate surface area is 134 Å². The molecule has 0 bridgehead atoms. The number of hydrazone groups is 1. The number of phenolic OH excluding ortho intramolecular Hbond substituents is 1. The summed E-state index contributed by atoms with van der Waals surface area (Å²) in [6, 6.07) is 12.6. The number of carbonyl (C=O) groups is 1. The Hall–Kier alpha value is -3.08. The molecule has 0 fully saturated rings. The van der Waals surface area contributed by atoms with E-state index in [2.05, 4.69) is 10.5 Å². The molecule has 0 atom stereocenters. The van der Waals surface area contributed by atoms with Crippen LogP contribution in [0.25, 0.3) is 6.08 Å². The average Bonchev–Trinajstić information content (AvgIpc) is 2.56. The largest absolute Gasteiger partial charge is 0.504 e. The molecule has 2 N–H and O–H groups in total. The quantitative estimate of drug-likeness (QED) is 0.507. The number of hydrogen-bond acceptors (Lipinski definition) is 4. The number of amides is 1. The van der Waals surface area contributed by atoms with E-state index in [1.807, 2.05) is 31.2 Å². The number of rotatable bonds is 5. The van der Waals surface area contributed by atoms with E-state index in [0.717, 1.165) is 11.1 Å². The van der Waals surface area contributed by atoms with Gasteiger partial charge in [0.15, 0.2) is 11.5 Å². The summed E-state index contributed by atoms with van der Waals surface area (Å²) in [6.45, 7) is 2.01. The zero-order valence-electron chi connectivity index (χ0n) is 13.0. The minimum absolute atomic E-state index is 0.0526. The summed E-state index contributed by atoms with van der Waals surface area (Å²) in [5.41, 5.74) is 5.22. The molecule has 0 aliphatic carbocycles. The Kier molecular flexibility index (Phi) is 5.52. The maximum Gasteiger partial charge on any atom is 0.264 e. The lowest BCUT2D eigenvalue weighted by Crippen LogP contribution is -2.14. The van der Waals surface area contributed by atoms with Crippen molar-refractivity contribution >= 4 is 18.2 Å². The lowest BCUT2D eigenvalue weighted by atomic mass is 10.2. The van der Waals surface area contributed by atoms with Crippen LogP contribution in [-0.4, -0.2) is 24.3 Å². The van der Waals surface area contributed by atoms with Crippen molar-refractivity contribution in [1.82, 2.24) is 5.43 Å². The van der Waals surface area contributed by atoms with Crippen LogP contribution in [0.2, 0.25) is 0 Å². The topological polar surface area (TPSA) is 70.9 Å². The Morgan fingerprint density at radius 2 is 1.87 bits per heavy atom. The summed E-state index contributed by atoms with van der Waals surface area (Å²) in [7, 11) is 1.47. The van der Waals surface area contributed by atoms with E-state index in [0.29, 0.717) is 5.75 Å². The SMILES string of the molecule is COc1cc(/C=C/C(=O)N/N=C\c2ccc(C)cc2)ccc1O. The van der Waals surface area contributed by atoms with Gasteiger partial charge in [0.1, 0.15) is 0 Å². The van der Waals surface area contributed by atoms with Gasteiger partial charge in [-0.05, 0) is 36.3 Å². The molecule has 0 radical (unpaired) electrons. The van der Waals surface area contributed by atoms with Crippen molar-refractivity contribution in [2.24, 2.45) is 5.10 Å². The molecule has 5 nitrogen and oxygen atoms in total. The van der Waals surface area contributed by atoms with E-state index in [1.165, 1.54) is 24.8 Å². The van der Waals surface area contributed by atoms with E-state index in [4.69, 9.17) is 4.74 Å². The standard InChI is InChI=1S/C18H18N2O3/c1-13-3-5-15(6-4-13)12-19-20-18(22)10-8-14-7-9-16(21)17(11-14)23-2/h3-12,21H,1-2H3,(H,20,22)/b10-8+,19-12-. The first-order chi connectivity index (χ1) is 11.1. The van der Waals surface area contributed by atoms with Gasteiger partial charge in [-0.25, -0.2) is 5.43 Å². The number of hydrogen-bond donors (Lipinski definition) is 2. The smallest absolute Gasteiger partial charge is 0.264 e. The van der Waals surface area contributed by atoms with E-state index >= 15 is 0 Å². The van der Waals surface area contributed by atoms with E-state index in [-0.39, 0.29) is 11.7 Å². The number of carbonyl (C=O) groups excluding carboxylic acids is 1. The van der Waals surface area contributed by atoms with Crippen molar-refractivity contribution in [3.05, 3.63) is 65.2 Å². The van der Waals surface area contributed by atoms with Gasteiger partial charge in [-0.15, -0.1) is 0 Å². The van der Waals surface area contributed by atoms with Gasteiger partial charge in [-0.1, -0.05) is 35.9 Å². The molecule has 1 amide bonds. The number of methoxy groups -OCH3 is 1. The normalized spacial score (nSPS) is 11.0. The predicted molar refractivity (Wildman–Crippen MR) is 90.6 cm³/mol. The highest BCUT2D eigenvalue weighted by atomic mass is 16.5. The van der Waals surface area contributed by atoms with Gasteiger partial charge in [-0.3, -0.25) is 4.79 Å². The fraction of sp³-hybridized carbons (Fsp3) is 0.111. The second-order valence-electron chi connectivity index (χ2n) is 4.91. The number of aromatic hydroxyl groups is 1. The van der Waals surface area contributed by atoms with Crippen molar-refractivity contribution in [3.8, 4) is 11.5 Å². The van der Waals surface area contributed by atoms with E-state index < -0.39 is 0 Å². The van der Waals surface area contributed by atoms with Gasteiger partial charge in [0.05, 0.1) is 13.3 Å². The molecule has 2 rings (SSSR count). The van der Waals surface area contributed by atoms with Crippen LogP contribution in [0.4, 0.5) is 0 Å². The van der Waals surface area contributed by atoms with Crippen LogP contribution >= 0.6 is 0 Å². The van der Waals surface area contributed by atoms with Crippen LogP contribution in [0.15, 0.2) is 53.6 Å². The molecule has 0 aliphatic rings. The summed E-state index contributed by atoms with van der Waals surface area (Å²) in [6.07, 6.45) is 4.55. The average molecular weight is 310 g/mol. The van der Waals surface area contributed by atoms with Gasteiger partial charge >= 0.3 is 0 Å². The number of nitrogens with zero attached hydrogens (tertiary/aromatic N) is 1. The highest BCUT2D eigenvalue weighted by Crippen LogP contribution is 2.26. The number of benzene rings is 2. The lowest BCUT2D eigenvalue weighted by molar-refractivity contribution is -0.116. The summed E-state index contributed by atoms with van der Waals surface area (Å²) in [5.74, 6) is 0.0575. The Bertz CT molecular complexity index is 734. The summed E-state index contributed by atoms with van der Waals surface area (Å²) in [4.78, 5) is 11.7. The van der Waals surface area contributed by atoms with Crippen molar-refractivity contribution in [2.75, 3.05) is 7.11 Å². The van der Waals surface area contributed by atoms with Crippen LogP contribution in [0.5, 0.6) is 11.5 Å². The molecule has 23 heavy (non-hydrogen) atoms. The van der Waals surface area contributed by atoms with Gasteiger partial charge in [-0.2, -0.15) is 5.10 Å². The van der Waals surface area contributed by atoms with Crippen LogP contribution in [0.1, 0.15) is 16.7 Å². The molecule has 118 valence electrons. The van der Waals surface area contributed by atoms with Crippen LogP contribution in [-0.2, 0) is 4.79 Å². The minimum atomic E-state index is -0.347. The molecule has 0 unspecified atom stereocenters. The number of phenols is 1. The third kappa shape index (κ3) is 5.00. The van der Waals surface area contributed by atoms with E-state index in [9.17, 15) is 9.90 Å². The first-order valence-electron chi connectivity index (χ1n) is 7.03. The fourth-order valence-corrected chi connectivity index (χ4v) is 1.83. The van der Waals surface area contributed by atoms with Crippen molar-refractivity contribution in [1.29, 1.82) is 0 Å². The van der Waals surface area contributed by atoms with Gasteiger partial charge < -0.3 is 9.84 Å². The Balaban J connectivity index is 1.92. The predicted octanol–water partition coefficient (Wildman–Crippen LogP) is 2.87. The maximum atomic E-state index is 11.7. The third-order valence-corrected chi connectivity index (χ3v) is 3.10. The molecule has 5 heteroatoms. The molecule has 0 aliphatic heterocycles. The second-order valence-corrected chi connectivity index (χ2v) is 4.91. The van der Waals surface area contributed by atoms with Gasteiger partial charge in [0.25, 0.3) is 5.91 Å². The number of aryl methyl sites for hydroxylation is 1. The zero-order valence-corrected chi connectivity index (χ0v) is 13.0. The molecular weight excluding hydrogens is 292 g/mol. The van der Waals surface area contributed by atoms with Crippen molar-refractivity contribution in [2.45, 2.75) is 6.92 Å². The zero-order chi connectivity index (χ0) is 16.7. The molecule has 2 aromatic carbocycles. The molecule has 2 aromatic rings. The highest BCUT2D eigenvalue weighted by molar-refractivity contribution is 5.92. The monoisotopic (exact) mass is 310 g/mol. The Morgan fingerprint density at radius 1 is 1.17 bits per heavy atom. The first-order valence-corrected chi connectivity index (χ1v) is 7.03. The van der Waals surface area contributed by atoms with Gasteiger partial charge in [0, 0.05) is 6.08 Å². The van der Waals surface area contributed by atoms with E-state index in [1.54, 1.807) is 24.4 Å². The number of ether oxygens (including phenoxy) is 1. The fourth-order valence-electron chi connectivity index (χ4n) is 1.83. The molecule has 0 saturated heterocycles. The molecule has 0 aromatic heterocycles. The minimum Gasteiger partial charge on any atom is -0.504 e. The third-order valence-electron chi connectivity index (χ3n) is 3.10. The highest BCUT2D eigenvalue weighted by Gasteiger charge is 2.01. The van der Waals surface area contributed by atoms with Crippen LogP contribution in [0.3, 0.4) is 0 Å². The molecule has 0 heterocycles. The summed E-state index contributed by atoms with van der Waals surface area (Å²) >= 11 is 0. The second kappa shape index (κ2) is 7.79. The van der Waals surface area contributed by atoms with Gasteiger partial charge in [0.2, 0.25) is 0 Å². The lowest BCUT2D eigenvalue weighted by Gasteiger charge is -2.03. The van der Waals surface area contributed by atoms with Crippen LogP contribution in [0, 0.1) is 6.92 Å². The molecule has 0 spiro atoms. The number of nitrogens with one attached hydrogen (secondary N) is 1. The summed E-state index contributed by atoms with van der Waals surface area (Å²) < 4.78 is 5.01. The van der Waals surface area contributed by atoms with Crippen molar-refractivity contribution < 1.29 is 14.6 Å². The maximum absolute atomic E-state index is 11.7. The Morgan fingerprint density at radius 3 is 2.57 bits per heavy atom. The molecular formula is C18H18N2O3. The van der Waals surface area contributed by atoms with Crippen molar-refractivity contribution in [3.63, 3.8) is 0 Å². The molecule has 0 saturated carbocycles.